The highest BCUT2D eigenvalue weighted by Crippen LogP contribution is 2.36. The fourth-order valence-electron chi connectivity index (χ4n) is 1.98. The highest BCUT2D eigenvalue weighted by atomic mass is 35.5. The Labute approximate surface area is 99.2 Å². The molecular formula is C11H13Cl2NO. The van der Waals surface area contributed by atoms with Crippen LogP contribution in [0.1, 0.15) is 18.4 Å². The molecule has 1 aromatic carbocycles. The van der Waals surface area contributed by atoms with Crippen LogP contribution in [-0.2, 0) is 5.60 Å². The summed E-state index contributed by atoms with van der Waals surface area (Å²) < 4.78 is 0. The molecule has 1 saturated heterocycles. The summed E-state index contributed by atoms with van der Waals surface area (Å²) in [6, 6.07) is 5.38. The third-order valence-corrected chi connectivity index (χ3v) is 3.63. The molecule has 4 heteroatoms. The maximum absolute atomic E-state index is 10.4. The molecule has 1 heterocycles. The van der Waals surface area contributed by atoms with E-state index in [2.05, 4.69) is 5.32 Å². The van der Waals surface area contributed by atoms with Gasteiger partial charge in [-0.15, -0.1) is 0 Å². The molecule has 0 aromatic heterocycles. The van der Waals surface area contributed by atoms with E-state index in [-0.39, 0.29) is 0 Å². The van der Waals surface area contributed by atoms with Crippen LogP contribution in [0.5, 0.6) is 0 Å². The molecule has 2 nitrogen and oxygen atoms in total. The maximum atomic E-state index is 10.4. The Morgan fingerprint density at radius 2 is 2.13 bits per heavy atom. The van der Waals surface area contributed by atoms with Gasteiger partial charge < -0.3 is 10.4 Å². The van der Waals surface area contributed by atoms with E-state index in [0.717, 1.165) is 24.9 Å². The fourth-order valence-corrected chi connectivity index (χ4v) is 2.46. The summed E-state index contributed by atoms with van der Waals surface area (Å²) in [5.41, 5.74) is -0.149. The van der Waals surface area contributed by atoms with E-state index in [1.165, 1.54) is 0 Å². The molecule has 0 aliphatic carbocycles. The smallest absolute Gasteiger partial charge is 0.104 e. The number of piperidine rings is 1. The van der Waals surface area contributed by atoms with Crippen LogP contribution in [0.3, 0.4) is 0 Å². The van der Waals surface area contributed by atoms with Crippen molar-refractivity contribution in [2.75, 3.05) is 13.1 Å². The van der Waals surface area contributed by atoms with Crippen molar-refractivity contribution in [3.05, 3.63) is 33.8 Å². The second-order valence-corrected chi connectivity index (χ2v) is 4.70. The van der Waals surface area contributed by atoms with Gasteiger partial charge in [0.25, 0.3) is 0 Å². The van der Waals surface area contributed by atoms with Gasteiger partial charge in [0.15, 0.2) is 0 Å². The second kappa shape index (κ2) is 4.30. The summed E-state index contributed by atoms with van der Waals surface area (Å²) in [6.07, 6.45) is 1.67. The quantitative estimate of drug-likeness (QED) is 0.798. The van der Waals surface area contributed by atoms with Crippen molar-refractivity contribution in [3.8, 4) is 0 Å². The molecule has 0 spiro atoms. The van der Waals surface area contributed by atoms with Crippen molar-refractivity contribution in [3.63, 3.8) is 0 Å². The Morgan fingerprint density at radius 3 is 2.80 bits per heavy atom. The van der Waals surface area contributed by atoms with Crippen molar-refractivity contribution >= 4 is 23.2 Å². The molecule has 0 saturated carbocycles. The highest BCUT2D eigenvalue weighted by Gasteiger charge is 2.33. The molecule has 1 aliphatic heterocycles. The maximum Gasteiger partial charge on any atom is 0.104 e. The van der Waals surface area contributed by atoms with Crippen LogP contribution in [0.4, 0.5) is 0 Å². The summed E-state index contributed by atoms with van der Waals surface area (Å²) in [4.78, 5) is 0. The molecule has 1 unspecified atom stereocenters. The molecule has 0 amide bonds. The first kappa shape index (κ1) is 11.2. The standard InChI is InChI=1S/C11H13Cl2NO/c12-9-4-1-3-8(10(9)13)11(15)5-2-6-14-7-11/h1,3-4,14-15H,2,5-7H2. The molecular weight excluding hydrogens is 233 g/mol. The van der Waals surface area contributed by atoms with Gasteiger partial charge in [0, 0.05) is 12.1 Å². The minimum absolute atomic E-state index is 0.463. The Kier molecular flexibility index (Phi) is 3.21. The van der Waals surface area contributed by atoms with Crippen molar-refractivity contribution in [1.29, 1.82) is 0 Å². The molecule has 82 valence electrons. The Hall–Kier alpha value is -0.280. The van der Waals surface area contributed by atoms with Crippen LogP contribution in [0.2, 0.25) is 10.0 Å². The number of halogens is 2. The van der Waals surface area contributed by atoms with Crippen LogP contribution in [0.15, 0.2) is 18.2 Å². The zero-order valence-corrected chi connectivity index (χ0v) is 9.78. The zero-order valence-electron chi connectivity index (χ0n) is 8.26. The van der Waals surface area contributed by atoms with E-state index in [1.54, 1.807) is 6.07 Å². The number of β-amino-alcohol motifs (C(OH)–C–C–N with tert-alkyl or cyclic N) is 1. The Morgan fingerprint density at radius 1 is 1.33 bits per heavy atom. The number of benzene rings is 1. The minimum atomic E-state index is -0.875. The van der Waals surface area contributed by atoms with Crippen LogP contribution < -0.4 is 5.32 Å². The topological polar surface area (TPSA) is 32.3 Å². The summed E-state index contributed by atoms with van der Waals surface area (Å²) in [5, 5.41) is 14.6. The predicted octanol–water partition coefficient (Wildman–Crippen LogP) is 2.56. The average molecular weight is 246 g/mol. The van der Waals surface area contributed by atoms with Gasteiger partial charge in [0.05, 0.1) is 10.0 Å². The lowest BCUT2D eigenvalue weighted by atomic mass is 9.87. The number of aliphatic hydroxyl groups is 1. The SMILES string of the molecule is OC1(c2cccc(Cl)c2Cl)CCCNC1. The van der Waals surface area contributed by atoms with Gasteiger partial charge in [-0.25, -0.2) is 0 Å². The van der Waals surface area contributed by atoms with Crippen LogP contribution in [0.25, 0.3) is 0 Å². The van der Waals surface area contributed by atoms with E-state index < -0.39 is 5.60 Å². The van der Waals surface area contributed by atoms with Crippen molar-refractivity contribution in [1.82, 2.24) is 5.32 Å². The van der Waals surface area contributed by atoms with Crippen LogP contribution in [0, 0.1) is 0 Å². The van der Waals surface area contributed by atoms with Gasteiger partial charge in [-0.2, -0.15) is 0 Å². The van der Waals surface area contributed by atoms with Gasteiger partial charge in [0.2, 0.25) is 0 Å². The molecule has 1 atom stereocenters. The summed E-state index contributed by atoms with van der Waals surface area (Å²) in [5.74, 6) is 0. The van der Waals surface area contributed by atoms with E-state index in [4.69, 9.17) is 23.2 Å². The van der Waals surface area contributed by atoms with E-state index in [0.29, 0.717) is 16.6 Å². The number of nitrogens with one attached hydrogen (secondary N) is 1. The normalized spacial score (nSPS) is 26.6. The highest BCUT2D eigenvalue weighted by molar-refractivity contribution is 6.42. The molecule has 1 fully saturated rings. The van der Waals surface area contributed by atoms with E-state index in [1.807, 2.05) is 12.1 Å². The van der Waals surface area contributed by atoms with Crippen molar-refractivity contribution in [2.45, 2.75) is 18.4 Å². The lowest BCUT2D eigenvalue weighted by Gasteiger charge is -2.33. The summed E-state index contributed by atoms with van der Waals surface area (Å²) >= 11 is 12.0. The monoisotopic (exact) mass is 245 g/mol. The first-order chi connectivity index (χ1) is 7.13. The zero-order chi connectivity index (χ0) is 10.9. The lowest BCUT2D eigenvalue weighted by Crippen LogP contribution is -2.43. The third kappa shape index (κ3) is 2.13. The lowest BCUT2D eigenvalue weighted by molar-refractivity contribution is 0.0124. The average Bonchev–Trinajstić information content (AvgIpc) is 2.23. The number of rotatable bonds is 1. The Balaban J connectivity index is 2.39. The van der Waals surface area contributed by atoms with E-state index in [9.17, 15) is 5.11 Å². The van der Waals surface area contributed by atoms with Gasteiger partial charge in [0.1, 0.15) is 5.60 Å². The largest absolute Gasteiger partial charge is 0.384 e. The van der Waals surface area contributed by atoms with Crippen LogP contribution in [-0.4, -0.2) is 18.2 Å². The van der Waals surface area contributed by atoms with Gasteiger partial charge >= 0.3 is 0 Å². The number of hydrogen-bond donors (Lipinski definition) is 2. The molecule has 15 heavy (non-hydrogen) atoms. The van der Waals surface area contributed by atoms with Crippen molar-refractivity contribution < 1.29 is 5.11 Å². The van der Waals surface area contributed by atoms with Gasteiger partial charge in [-0.05, 0) is 25.5 Å². The molecule has 1 aromatic rings. The fraction of sp³-hybridized carbons (Fsp3) is 0.455. The summed E-state index contributed by atoms with van der Waals surface area (Å²) in [7, 11) is 0. The number of hydrogen-bond acceptors (Lipinski definition) is 2. The molecule has 1 aliphatic rings. The minimum Gasteiger partial charge on any atom is -0.384 e. The van der Waals surface area contributed by atoms with Crippen LogP contribution >= 0.6 is 23.2 Å². The van der Waals surface area contributed by atoms with Gasteiger partial charge in [-0.3, -0.25) is 0 Å². The molecule has 0 bridgehead atoms. The molecule has 0 radical (unpaired) electrons. The first-order valence-corrected chi connectivity index (χ1v) is 5.77. The molecule has 2 N–H and O–H groups in total. The van der Waals surface area contributed by atoms with Gasteiger partial charge in [-0.1, -0.05) is 35.3 Å². The first-order valence-electron chi connectivity index (χ1n) is 5.01. The molecule has 2 rings (SSSR count). The second-order valence-electron chi connectivity index (χ2n) is 3.91. The van der Waals surface area contributed by atoms with E-state index >= 15 is 0 Å². The predicted molar refractivity (Wildman–Crippen MR) is 62.5 cm³/mol. The summed E-state index contributed by atoms with van der Waals surface area (Å²) in [6.45, 7) is 1.48. The van der Waals surface area contributed by atoms with Crippen molar-refractivity contribution in [2.24, 2.45) is 0 Å². The Bertz CT molecular complexity index is 362. The third-order valence-electron chi connectivity index (χ3n) is 2.81.